The van der Waals surface area contributed by atoms with Gasteiger partial charge >= 0.3 is 162 Å². The Hall–Kier alpha value is -1.65. The van der Waals surface area contributed by atoms with E-state index in [1.54, 1.807) is 3.88 Å². The quantitative estimate of drug-likeness (QED) is 0.496. The predicted octanol–water partition coefficient (Wildman–Crippen LogP) is -0.801. The van der Waals surface area contributed by atoms with Crippen molar-refractivity contribution in [1.82, 2.24) is 15.0 Å². The third-order valence-corrected chi connectivity index (χ3v) is 8.32. The van der Waals surface area contributed by atoms with Gasteiger partial charge in [-0.05, 0) is 0 Å². The minimum absolute atomic E-state index is 0. The van der Waals surface area contributed by atoms with Crippen LogP contribution < -0.4 is 24.8 Å². The third kappa shape index (κ3) is 3.42. The number of para-hydroxylation sites is 1. The van der Waals surface area contributed by atoms with Gasteiger partial charge in [0, 0.05) is 0 Å². The zero-order valence-electron chi connectivity index (χ0n) is 15.7. The van der Waals surface area contributed by atoms with Crippen LogP contribution in [0, 0.1) is 0 Å². The number of fused-ring (bicyclic) bond motifs is 2. The second-order valence-corrected chi connectivity index (χ2v) is 9.26. The first-order chi connectivity index (χ1) is 12.7. The van der Waals surface area contributed by atoms with Crippen molar-refractivity contribution < 1.29 is 44.0 Å². The van der Waals surface area contributed by atoms with Gasteiger partial charge in [0.15, 0.2) is 0 Å². The number of hydrogen-bond acceptors (Lipinski definition) is 2. The Labute approximate surface area is 186 Å². The fourth-order valence-corrected chi connectivity index (χ4v) is 6.58. The number of benzene rings is 2. The molecule has 1 unspecified atom stereocenters. The van der Waals surface area contributed by atoms with Crippen molar-refractivity contribution in [3.8, 4) is 0 Å². The van der Waals surface area contributed by atoms with Gasteiger partial charge in [-0.25, -0.2) is 0 Å². The normalized spacial score (nSPS) is 17.4. The van der Waals surface area contributed by atoms with Crippen LogP contribution in [0.5, 0.6) is 0 Å². The molecule has 0 fully saturated rings. The maximum absolute atomic E-state index is 4.51. The van der Waals surface area contributed by atoms with Gasteiger partial charge in [0.25, 0.3) is 0 Å². The molecule has 1 atom stereocenters. The van der Waals surface area contributed by atoms with E-state index < -0.39 is 0 Å². The summed E-state index contributed by atoms with van der Waals surface area (Å²) in [5.74, 6) is 0. The maximum atomic E-state index is 4.51. The second kappa shape index (κ2) is 8.38. The fraction of sp³-hybridized carbons (Fsp3) is 0.182. The van der Waals surface area contributed by atoms with Crippen molar-refractivity contribution in [1.29, 1.82) is 0 Å². The number of allylic oxidation sites excluding steroid dienone is 5. The zero-order valence-corrected chi connectivity index (χ0v) is 18.7. The summed E-state index contributed by atoms with van der Waals surface area (Å²) in [5.41, 5.74) is 9.07. The molecule has 0 amide bonds. The monoisotopic (exact) mass is 443 g/mol. The smallest absolute Gasteiger partial charge is 1.00 e. The fourth-order valence-electron chi connectivity index (χ4n) is 3.84. The van der Waals surface area contributed by atoms with E-state index in [-0.39, 0.29) is 44.0 Å². The Morgan fingerprint density at radius 3 is 2.54 bits per heavy atom. The van der Waals surface area contributed by atoms with Gasteiger partial charge in [-0.1, -0.05) is 0 Å². The second-order valence-electron chi connectivity index (χ2n) is 6.96. The Morgan fingerprint density at radius 1 is 1.00 bits per heavy atom. The van der Waals surface area contributed by atoms with Gasteiger partial charge in [-0.3, -0.25) is 0 Å². The number of aromatic nitrogens is 3. The molecular formula is C22H19Cl2N3Ti. The van der Waals surface area contributed by atoms with Crippen LogP contribution in [0.25, 0.3) is 22.8 Å². The number of halogens is 2. The van der Waals surface area contributed by atoms with Gasteiger partial charge < -0.3 is 24.8 Å². The standard InChI is InChI=1S/C15H10N3.C7H9.2ClH.Ti/c1-2-6-12-10-13(9-11(12)5-1)18-15-8-4-3-7-14(15)16-17-18;1-6-4-3-5-7(6)2;;;/h1-10H;4H,3H2,1-2H3;2*1H;/q;;;;+2/p-2. The van der Waals surface area contributed by atoms with Crippen LogP contribution in [0.3, 0.4) is 0 Å². The molecule has 0 aliphatic heterocycles. The maximum Gasteiger partial charge on any atom is -1.00 e. The Kier molecular flexibility index (Phi) is 6.31. The van der Waals surface area contributed by atoms with Crippen LogP contribution in [-0.2, 0) is 19.2 Å². The molecule has 1 aromatic heterocycles. The van der Waals surface area contributed by atoms with E-state index in [1.807, 2.05) is 12.1 Å². The van der Waals surface area contributed by atoms with Crippen LogP contribution in [0.2, 0.25) is 0 Å². The van der Waals surface area contributed by atoms with Crippen LogP contribution in [0.1, 0.15) is 35.6 Å². The van der Waals surface area contributed by atoms with Crippen LogP contribution in [0.4, 0.5) is 0 Å². The summed E-state index contributed by atoms with van der Waals surface area (Å²) in [6.45, 7) is 4.52. The zero-order chi connectivity index (χ0) is 17.7. The molecule has 1 heterocycles. The summed E-state index contributed by atoms with van der Waals surface area (Å²) >= 11 is -0.336. The molecule has 140 valence electrons. The molecular weight excluding hydrogens is 425 g/mol. The van der Waals surface area contributed by atoms with E-state index in [0.717, 1.165) is 17.5 Å². The van der Waals surface area contributed by atoms with Crippen molar-refractivity contribution >= 4 is 22.8 Å². The molecule has 5 rings (SSSR count). The van der Waals surface area contributed by atoms with Crippen LogP contribution in [0.15, 0.2) is 69.6 Å². The number of rotatable bonds is 3. The van der Waals surface area contributed by atoms with E-state index in [9.17, 15) is 0 Å². The molecule has 0 spiro atoms. The van der Waals surface area contributed by atoms with E-state index >= 15 is 0 Å². The molecule has 0 saturated heterocycles. The van der Waals surface area contributed by atoms with Crippen molar-refractivity contribution in [2.45, 2.75) is 24.5 Å². The Bertz CT molecular complexity index is 1130. The molecule has 2 aromatic carbocycles. The summed E-state index contributed by atoms with van der Waals surface area (Å²) in [4.78, 5) is 0. The van der Waals surface area contributed by atoms with Gasteiger partial charge in [-0.2, -0.15) is 0 Å². The topological polar surface area (TPSA) is 30.7 Å². The average Bonchev–Trinajstić information content (AvgIpc) is 3.34. The van der Waals surface area contributed by atoms with Crippen molar-refractivity contribution in [2.24, 2.45) is 0 Å². The van der Waals surface area contributed by atoms with Crippen molar-refractivity contribution in [2.75, 3.05) is 0 Å². The van der Waals surface area contributed by atoms with E-state index in [0.29, 0.717) is 4.22 Å². The molecule has 0 radical (unpaired) electrons. The minimum Gasteiger partial charge on any atom is -1.00 e. The van der Waals surface area contributed by atoms with E-state index in [4.69, 9.17) is 0 Å². The van der Waals surface area contributed by atoms with Crippen molar-refractivity contribution in [3.63, 3.8) is 0 Å². The molecule has 28 heavy (non-hydrogen) atoms. The third-order valence-electron chi connectivity index (χ3n) is 5.48. The predicted molar refractivity (Wildman–Crippen MR) is 102 cm³/mol. The molecule has 3 aromatic rings. The first kappa shape index (κ1) is 21.1. The molecule has 0 bridgehead atoms. The summed E-state index contributed by atoms with van der Waals surface area (Å²) in [7, 11) is 0. The largest absolute Gasteiger partial charge is 1.00 e. The minimum atomic E-state index is -0.336. The van der Waals surface area contributed by atoms with Gasteiger partial charge in [0.2, 0.25) is 0 Å². The first-order valence-electron chi connectivity index (χ1n) is 8.97. The summed E-state index contributed by atoms with van der Waals surface area (Å²) in [6.07, 6.45) is 5.82. The molecule has 0 N–H and O–H groups in total. The van der Waals surface area contributed by atoms with Crippen LogP contribution in [-0.4, -0.2) is 15.0 Å². The van der Waals surface area contributed by atoms with Crippen molar-refractivity contribution in [3.05, 3.63) is 80.8 Å². The molecule has 2 aliphatic carbocycles. The number of nitrogens with zero attached hydrogens (tertiary/aromatic N) is 3. The Balaban J connectivity index is 0.00000112. The summed E-state index contributed by atoms with van der Waals surface area (Å²) in [5, 5.41) is 8.89. The number of hydrogen-bond donors (Lipinski definition) is 0. The van der Waals surface area contributed by atoms with Gasteiger partial charge in [0.05, 0.1) is 0 Å². The summed E-state index contributed by atoms with van der Waals surface area (Å²) in [6, 6.07) is 17.0. The molecule has 2 aliphatic rings. The molecule has 0 saturated carbocycles. The SMILES string of the molecule is CC1=CC[C]([Ti+2][CH]2C(n3nnc4ccccc43)=Cc3ccccc32)=C1C.[Cl-].[Cl-]. The average molecular weight is 444 g/mol. The first-order valence-corrected chi connectivity index (χ1v) is 10.7. The Morgan fingerprint density at radius 2 is 1.75 bits per heavy atom. The molecule has 3 nitrogen and oxygen atoms in total. The molecule has 6 heteroatoms. The van der Waals surface area contributed by atoms with E-state index in [2.05, 4.69) is 77.4 Å². The van der Waals surface area contributed by atoms with Crippen LogP contribution >= 0.6 is 0 Å². The van der Waals surface area contributed by atoms with Gasteiger partial charge in [-0.15, -0.1) is 0 Å². The van der Waals surface area contributed by atoms with Gasteiger partial charge in [0.1, 0.15) is 0 Å². The summed E-state index contributed by atoms with van der Waals surface area (Å²) < 4.78 is 4.18. The van der Waals surface area contributed by atoms with E-state index in [1.165, 1.54) is 28.0 Å².